The Morgan fingerprint density at radius 3 is 2.41 bits per heavy atom. The van der Waals surface area contributed by atoms with Crippen molar-refractivity contribution in [3.63, 3.8) is 0 Å². The van der Waals surface area contributed by atoms with E-state index in [-0.39, 0.29) is 30.2 Å². The number of benzene rings is 2. The van der Waals surface area contributed by atoms with Gasteiger partial charge in [-0.25, -0.2) is 9.67 Å². The molecule has 0 aliphatic carbocycles. The van der Waals surface area contributed by atoms with Crippen molar-refractivity contribution in [3.05, 3.63) is 86.6 Å². The van der Waals surface area contributed by atoms with Crippen molar-refractivity contribution in [1.29, 1.82) is 0 Å². The number of nitrogens with zero attached hydrogens (tertiary/aromatic N) is 5. The van der Waals surface area contributed by atoms with Crippen LogP contribution in [-0.2, 0) is 17.9 Å². The topological polar surface area (TPSA) is 153 Å². The van der Waals surface area contributed by atoms with Gasteiger partial charge in [-0.15, -0.1) is 0 Å². The summed E-state index contributed by atoms with van der Waals surface area (Å²) < 4.78 is 18.9. The molecule has 4 rings (SSSR count). The van der Waals surface area contributed by atoms with Crippen LogP contribution in [0.25, 0.3) is 17.1 Å². The highest BCUT2D eigenvalue weighted by molar-refractivity contribution is 5.91. The van der Waals surface area contributed by atoms with Crippen molar-refractivity contribution in [3.8, 4) is 17.2 Å². The van der Waals surface area contributed by atoms with Crippen LogP contribution < -0.4 is 25.1 Å². The van der Waals surface area contributed by atoms with E-state index in [1.54, 1.807) is 30.3 Å². The number of rotatable bonds is 11. The van der Waals surface area contributed by atoms with Crippen molar-refractivity contribution in [1.82, 2.24) is 24.6 Å². The minimum Gasteiger partial charge on any atom is -0.493 e. The molecule has 0 aliphatic heterocycles. The molecule has 0 saturated heterocycles. The van der Waals surface area contributed by atoms with Crippen molar-refractivity contribution in [2.24, 2.45) is 0 Å². The van der Waals surface area contributed by atoms with Gasteiger partial charge in [-0.1, -0.05) is 12.1 Å². The SMILES string of the molecule is COc1cc(/C=C/C(=O)NCCn2ncc3c(=O)n(Cc4ccc([N+](=O)[O-])cc4)cnc32)cc(OC)c1OC. The molecule has 2 aromatic carbocycles. The molecule has 0 bridgehead atoms. The van der Waals surface area contributed by atoms with E-state index in [9.17, 15) is 19.7 Å². The molecule has 0 fully saturated rings. The lowest BCUT2D eigenvalue weighted by atomic mass is 10.1. The van der Waals surface area contributed by atoms with Gasteiger partial charge in [0.1, 0.15) is 11.7 Å². The number of nitrogens with one attached hydrogen (secondary N) is 1. The largest absolute Gasteiger partial charge is 0.493 e. The molecule has 13 heteroatoms. The number of fused-ring (bicyclic) bond motifs is 1. The molecule has 1 N–H and O–H groups in total. The summed E-state index contributed by atoms with van der Waals surface area (Å²) in [4.78, 5) is 40.0. The second-order valence-corrected chi connectivity index (χ2v) is 8.29. The molecule has 0 aliphatic rings. The second kappa shape index (κ2) is 11.9. The Labute approximate surface area is 222 Å². The van der Waals surface area contributed by atoms with Crippen LogP contribution >= 0.6 is 0 Å². The van der Waals surface area contributed by atoms with Crippen LogP contribution in [0, 0.1) is 10.1 Å². The number of ether oxygens (including phenoxy) is 3. The monoisotopic (exact) mass is 534 g/mol. The van der Waals surface area contributed by atoms with E-state index in [2.05, 4.69) is 15.4 Å². The smallest absolute Gasteiger partial charge is 0.269 e. The Bertz CT molecular complexity index is 1570. The first-order valence-corrected chi connectivity index (χ1v) is 11.7. The first-order chi connectivity index (χ1) is 18.8. The number of methoxy groups -OCH3 is 3. The second-order valence-electron chi connectivity index (χ2n) is 8.29. The number of non-ortho nitro benzene ring substituents is 1. The number of amides is 1. The molecule has 0 spiro atoms. The lowest BCUT2D eigenvalue weighted by molar-refractivity contribution is -0.384. The number of hydrogen-bond acceptors (Lipinski definition) is 9. The fourth-order valence-electron chi connectivity index (χ4n) is 3.91. The first-order valence-electron chi connectivity index (χ1n) is 11.7. The molecule has 1 amide bonds. The molecule has 0 unspecified atom stereocenters. The van der Waals surface area contributed by atoms with E-state index in [4.69, 9.17) is 14.2 Å². The minimum atomic E-state index is -0.480. The average Bonchev–Trinajstić information content (AvgIpc) is 3.36. The molecule has 13 nitrogen and oxygen atoms in total. The molecule has 0 saturated carbocycles. The van der Waals surface area contributed by atoms with E-state index in [1.807, 2.05) is 0 Å². The zero-order chi connectivity index (χ0) is 27.9. The summed E-state index contributed by atoms with van der Waals surface area (Å²) in [7, 11) is 4.54. The predicted molar refractivity (Wildman–Crippen MR) is 142 cm³/mol. The molecule has 2 aromatic heterocycles. The number of nitro benzene ring substituents is 1. The molecule has 2 heterocycles. The normalized spacial score (nSPS) is 11.1. The van der Waals surface area contributed by atoms with Crippen molar-refractivity contribution in [2.75, 3.05) is 27.9 Å². The van der Waals surface area contributed by atoms with Crippen molar-refractivity contribution >= 4 is 28.7 Å². The maximum atomic E-state index is 12.9. The standard InChI is InChI=1S/C26H26N6O7/c1-37-21-12-18(13-22(38-2)24(21)39-3)6-9-23(33)27-10-11-31-25-20(14-29-31)26(34)30(16-28-25)15-17-4-7-19(8-5-17)32(35)36/h4-9,12-14,16H,10-11,15H2,1-3H3,(H,27,33)/b9-6+. The van der Waals surface area contributed by atoms with Gasteiger partial charge in [0.25, 0.3) is 11.2 Å². The minimum absolute atomic E-state index is 0.0234. The van der Waals surface area contributed by atoms with E-state index in [0.717, 1.165) is 5.56 Å². The van der Waals surface area contributed by atoms with Crippen LogP contribution in [0.2, 0.25) is 0 Å². The summed E-state index contributed by atoms with van der Waals surface area (Å²) >= 11 is 0. The summed E-state index contributed by atoms with van der Waals surface area (Å²) in [5.74, 6) is 1.09. The third-order valence-electron chi connectivity index (χ3n) is 5.86. The van der Waals surface area contributed by atoms with Gasteiger partial charge in [0, 0.05) is 24.8 Å². The Morgan fingerprint density at radius 1 is 1.10 bits per heavy atom. The van der Waals surface area contributed by atoms with Crippen LogP contribution in [0.1, 0.15) is 11.1 Å². The summed E-state index contributed by atoms with van der Waals surface area (Å²) in [6.45, 7) is 0.758. The zero-order valence-electron chi connectivity index (χ0n) is 21.5. The van der Waals surface area contributed by atoms with Gasteiger partial charge in [0.2, 0.25) is 11.7 Å². The van der Waals surface area contributed by atoms with Gasteiger partial charge < -0.3 is 19.5 Å². The van der Waals surface area contributed by atoms with Crippen LogP contribution in [0.5, 0.6) is 17.2 Å². The van der Waals surface area contributed by atoms with Crippen molar-refractivity contribution < 1.29 is 23.9 Å². The van der Waals surface area contributed by atoms with Gasteiger partial charge in [-0.05, 0) is 29.3 Å². The quantitative estimate of drug-likeness (QED) is 0.174. The van der Waals surface area contributed by atoms with Gasteiger partial charge in [-0.3, -0.25) is 24.3 Å². The highest BCUT2D eigenvalue weighted by atomic mass is 16.6. The fraction of sp³-hybridized carbons (Fsp3) is 0.231. The summed E-state index contributed by atoms with van der Waals surface area (Å²) in [5.41, 5.74) is 1.49. The van der Waals surface area contributed by atoms with Gasteiger partial charge in [0.05, 0.1) is 45.5 Å². The maximum Gasteiger partial charge on any atom is 0.269 e. The van der Waals surface area contributed by atoms with Crippen molar-refractivity contribution in [2.45, 2.75) is 13.1 Å². The van der Waals surface area contributed by atoms with Crippen LogP contribution in [0.3, 0.4) is 0 Å². The number of hydrogen-bond donors (Lipinski definition) is 1. The van der Waals surface area contributed by atoms with Crippen LogP contribution in [0.4, 0.5) is 5.69 Å². The molecule has 0 atom stereocenters. The maximum absolute atomic E-state index is 12.9. The van der Waals surface area contributed by atoms with E-state index in [0.29, 0.717) is 40.4 Å². The fourth-order valence-corrected chi connectivity index (χ4v) is 3.91. The Hall–Kier alpha value is -5.20. The Balaban J connectivity index is 1.38. The lowest BCUT2D eigenvalue weighted by Gasteiger charge is -2.12. The highest BCUT2D eigenvalue weighted by Crippen LogP contribution is 2.38. The summed E-state index contributed by atoms with van der Waals surface area (Å²) in [5, 5.41) is 18.2. The molecule has 0 radical (unpaired) electrons. The molecular formula is C26H26N6O7. The van der Waals surface area contributed by atoms with Crippen LogP contribution in [0.15, 0.2) is 59.8 Å². The Morgan fingerprint density at radius 2 is 1.79 bits per heavy atom. The van der Waals surface area contributed by atoms with Gasteiger partial charge >= 0.3 is 0 Å². The van der Waals surface area contributed by atoms with Crippen LogP contribution in [-0.4, -0.2) is 58.0 Å². The third kappa shape index (κ3) is 6.04. The lowest BCUT2D eigenvalue weighted by Crippen LogP contribution is -2.26. The third-order valence-corrected chi connectivity index (χ3v) is 5.86. The molecule has 202 valence electrons. The number of carbonyl (C=O) groups is 1. The van der Waals surface area contributed by atoms with Gasteiger partial charge in [-0.2, -0.15) is 5.10 Å². The molecular weight excluding hydrogens is 508 g/mol. The van der Waals surface area contributed by atoms with Gasteiger partial charge in [0.15, 0.2) is 17.1 Å². The molecule has 39 heavy (non-hydrogen) atoms. The Kier molecular flexibility index (Phi) is 8.19. The van der Waals surface area contributed by atoms with E-state index < -0.39 is 4.92 Å². The average molecular weight is 535 g/mol. The first kappa shape index (κ1) is 26.9. The zero-order valence-corrected chi connectivity index (χ0v) is 21.5. The predicted octanol–water partition coefficient (Wildman–Crippen LogP) is 2.40. The highest BCUT2D eigenvalue weighted by Gasteiger charge is 2.13. The number of nitro groups is 1. The number of carbonyl (C=O) groups excluding carboxylic acids is 1. The summed E-state index contributed by atoms with van der Waals surface area (Å²) in [6.07, 6.45) is 5.85. The number of aromatic nitrogens is 4. The van der Waals surface area contributed by atoms with E-state index >= 15 is 0 Å². The molecule has 4 aromatic rings. The van der Waals surface area contributed by atoms with E-state index in [1.165, 1.54) is 61.3 Å². The summed E-state index contributed by atoms with van der Waals surface area (Å²) in [6, 6.07) is 9.41.